The van der Waals surface area contributed by atoms with E-state index in [9.17, 15) is 8.42 Å². The van der Waals surface area contributed by atoms with E-state index in [4.69, 9.17) is 22.7 Å². The molecule has 5 nitrogen and oxygen atoms in total. The van der Waals surface area contributed by atoms with E-state index in [1.54, 1.807) is 31.4 Å². The molecule has 0 aliphatic rings. The monoisotopic (exact) mass is 342 g/mol. The van der Waals surface area contributed by atoms with Crippen molar-refractivity contribution < 1.29 is 13.2 Å². The molecule has 0 aliphatic carbocycles. The molecule has 0 fully saturated rings. The van der Waals surface area contributed by atoms with Gasteiger partial charge in [-0.25, -0.2) is 8.42 Å². The largest absolute Gasteiger partial charge is 0.389 e. The highest BCUT2D eigenvalue weighted by Crippen LogP contribution is 2.24. The molecule has 0 unspecified atom stereocenters. The van der Waals surface area contributed by atoms with E-state index in [0.29, 0.717) is 17.2 Å². The van der Waals surface area contributed by atoms with Crippen LogP contribution in [0.4, 0.5) is 5.69 Å². The van der Waals surface area contributed by atoms with E-state index in [1.165, 1.54) is 6.07 Å². The molecular formula is C13H14N2O3S3. The zero-order valence-corrected chi connectivity index (χ0v) is 13.6. The van der Waals surface area contributed by atoms with Crippen molar-refractivity contribution in [3.63, 3.8) is 0 Å². The standard InChI is InChI=1S/C13H14N2O3S3/c1-18-8-9-3-2-4-10(7-9)15-21(16,17)12-6-5-11(20-12)13(14)19/h2-7,15H,8H2,1H3,(H2,14,19). The molecule has 0 atom stereocenters. The van der Waals surface area contributed by atoms with E-state index in [2.05, 4.69) is 4.72 Å². The summed E-state index contributed by atoms with van der Waals surface area (Å²) >= 11 is 5.87. The van der Waals surface area contributed by atoms with Crippen LogP contribution >= 0.6 is 23.6 Å². The van der Waals surface area contributed by atoms with Crippen LogP contribution in [0.15, 0.2) is 40.6 Å². The Kier molecular flexibility index (Phi) is 4.94. The van der Waals surface area contributed by atoms with Gasteiger partial charge in [0, 0.05) is 12.8 Å². The Morgan fingerprint density at radius 3 is 2.76 bits per heavy atom. The minimum Gasteiger partial charge on any atom is -0.389 e. The maximum absolute atomic E-state index is 12.3. The number of anilines is 1. The van der Waals surface area contributed by atoms with Gasteiger partial charge >= 0.3 is 0 Å². The van der Waals surface area contributed by atoms with Gasteiger partial charge in [-0.2, -0.15) is 0 Å². The van der Waals surface area contributed by atoms with Crippen molar-refractivity contribution in [3.05, 3.63) is 46.8 Å². The number of nitrogens with two attached hydrogens (primary N) is 1. The number of methoxy groups -OCH3 is 1. The van der Waals surface area contributed by atoms with Crippen molar-refractivity contribution in [1.29, 1.82) is 0 Å². The second kappa shape index (κ2) is 6.52. The minimum atomic E-state index is -3.65. The number of benzene rings is 1. The van der Waals surface area contributed by atoms with Crippen LogP contribution in [0.3, 0.4) is 0 Å². The lowest BCUT2D eigenvalue weighted by Crippen LogP contribution is -2.11. The number of hydrogen-bond acceptors (Lipinski definition) is 5. The maximum atomic E-state index is 12.3. The molecular weight excluding hydrogens is 328 g/mol. The first-order chi connectivity index (χ1) is 9.92. The summed E-state index contributed by atoms with van der Waals surface area (Å²) in [5, 5.41) is 0. The molecule has 2 rings (SSSR count). The van der Waals surface area contributed by atoms with Gasteiger partial charge in [0.1, 0.15) is 9.20 Å². The third-order valence-corrected chi connectivity index (χ3v) is 5.92. The molecule has 3 N–H and O–H groups in total. The fourth-order valence-corrected chi connectivity index (χ4v) is 4.09. The number of thiophene rings is 1. The van der Waals surface area contributed by atoms with E-state index in [-0.39, 0.29) is 9.20 Å². The van der Waals surface area contributed by atoms with Crippen LogP contribution in [0.25, 0.3) is 0 Å². The van der Waals surface area contributed by atoms with E-state index >= 15 is 0 Å². The van der Waals surface area contributed by atoms with Crippen molar-refractivity contribution >= 4 is 44.3 Å². The minimum absolute atomic E-state index is 0.169. The smallest absolute Gasteiger partial charge is 0.271 e. The lowest BCUT2D eigenvalue weighted by molar-refractivity contribution is 0.185. The van der Waals surface area contributed by atoms with Crippen molar-refractivity contribution in [2.75, 3.05) is 11.8 Å². The van der Waals surface area contributed by atoms with Crippen LogP contribution < -0.4 is 10.5 Å². The third-order valence-electron chi connectivity index (χ3n) is 2.58. The first-order valence-corrected chi connectivity index (χ1v) is 8.63. The van der Waals surface area contributed by atoms with Crippen LogP contribution in [0.2, 0.25) is 0 Å². The lowest BCUT2D eigenvalue weighted by atomic mass is 10.2. The van der Waals surface area contributed by atoms with Crippen LogP contribution in [-0.2, 0) is 21.4 Å². The van der Waals surface area contributed by atoms with Gasteiger partial charge in [0.15, 0.2) is 0 Å². The summed E-state index contributed by atoms with van der Waals surface area (Å²) in [5.41, 5.74) is 6.85. The molecule has 0 spiro atoms. The predicted molar refractivity (Wildman–Crippen MR) is 88.2 cm³/mol. The number of ether oxygens (including phenoxy) is 1. The van der Waals surface area contributed by atoms with Crippen molar-refractivity contribution in [2.45, 2.75) is 10.8 Å². The highest BCUT2D eigenvalue weighted by molar-refractivity contribution is 7.94. The van der Waals surface area contributed by atoms with E-state index in [0.717, 1.165) is 16.9 Å². The molecule has 0 saturated heterocycles. The molecule has 0 saturated carbocycles. The first-order valence-electron chi connectivity index (χ1n) is 5.93. The SMILES string of the molecule is COCc1cccc(NS(=O)(=O)c2ccc(C(N)=S)s2)c1. The molecule has 2 aromatic rings. The van der Waals surface area contributed by atoms with Gasteiger partial charge in [0.25, 0.3) is 10.0 Å². The summed E-state index contributed by atoms with van der Waals surface area (Å²) in [6.07, 6.45) is 0. The van der Waals surface area contributed by atoms with E-state index < -0.39 is 10.0 Å². The summed E-state index contributed by atoms with van der Waals surface area (Å²) in [4.78, 5) is 0.752. The average Bonchev–Trinajstić information content (AvgIpc) is 2.89. The first kappa shape index (κ1) is 15.9. The zero-order chi connectivity index (χ0) is 15.5. The van der Waals surface area contributed by atoms with Gasteiger partial charge in [-0.15, -0.1) is 11.3 Å². The maximum Gasteiger partial charge on any atom is 0.271 e. The lowest BCUT2D eigenvalue weighted by Gasteiger charge is -2.08. The van der Waals surface area contributed by atoms with Crippen LogP contribution in [0, 0.1) is 0 Å². The molecule has 0 aliphatic heterocycles. The van der Waals surface area contributed by atoms with Crippen molar-refractivity contribution in [2.24, 2.45) is 5.73 Å². The Bertz CT molecular complexity index is 754. The second-order valence-corrected chi connectivity index (χ2v) is 7.65. The van der Waals surface area contributed by atoms with Gasteiger partial charge in [-0.3, -0.25) is 4.72 Å². The quantitative estimate of drug-likeness (QED) is 0.788. The number of sulfonamides is 1. The Morgan fingerprint density at radius 1 is 1.38 bits per heavy atom. The van der Waals surface area contributed by atoms with Crippen LogP contribution in [0.1, 0.15) is 10.4 Å². The summed E-state index contributed by atoms with van der Waals surface area (Å²) in [5.74, 6) is 0. The summed E-state index contributed by atoms with van der Waals surface area (Å²) in [6, 6.07) is 10.1. The fourth-order valence-electron chi connectivity index (χ4n) is 1.69. The van der Waals surface area contributed by atoms with Gasteiger partial charge in [0.2, 0.25) is 0 Å². The Labute approximate surface area is 132 Å². The number of nitrogens with one attached hydrogen (secondary N) is 1. The van der Waals surface area contributed by atoms with Crippen LogP contribution in [0.5, 0.6) is 0 Å². The molecule has 1 heterocycles. The molecule has 8 heteroatoms. The summed E-state index contributed by atoms with van der Waals surface area (Å²) in [6.45, 7) is 0.417. The molecule has 0 bridgehead atoms. The molecule has 0 radical (unpaired) electrons. The average molecular weight is 342 g/mol. The predicted octanol–water partition coefficient (Wildman–Crippen LogP) is 2.33. The third kappa shape index (κ3) is 4.01. The summed E-state index contributed by atoms with van der Waals surface area (Å²) < 4.78 is 32.3. The Hall–Kier alpha value is -1.48. The second-order valence-electron chi connectivity index (χ2n) is 4.22. The van der Waals surface area contributed by atoms with E-state index in [1.807, 2.05) is 6.07 Å². The van der Waals surface area contributed by atoms with Gasteiger partial charge in [-0.1, -0.05) is 24.4 Å². The van der Waals surface area contributed by atoms with Gasteiger partial charge in [-0.05, 0) is 29.8 Å². The highest BCUT2D eigenvalue weighted by Gasteiger charge is 2.17. The van der Waals surface area contributed by atoms with Gasteiger partial charge < -0.3 is 10.5 Å². The molecule has 112 valence electrons. The zero-order valence-electron chi connectivity index (χ0n) is 11.2. The fraction of sp³-hybridized carbons (Fsp3) is 0.154. The topological polar surface area (TPSA) is 81.4 Å². The Balaban J connectivity index is 2.24. The Morgan fingerprint density at radius 2 is 2.14 bits per heavy atom. The van der Waals surface area contributed by atoms with Gasteiger partial charge in [0.05, 0.1) is 11.5 Å². The van der Waals surface area contributed by atoms with Crippen molar-refractivity contribution in [1.82, 2.24) is 0 Å². The highest BCUT2D eigenvalue weighted by atomic mass is 32.2. The molecule has 1 aromatic carbocycles. The molecule has 21 heavy (non-hydrogen) atoms. The normalized spacial score (nSPS) is 11.3. The molecule has 0 amide bonds. The number of thiocarbonyl (C=S) groups is 1. The molecule has 1 aromatic heterocycles. The van der Waals surface area contributed by atoms with Crippen molar-refractivity contribution in [3.8, 4) is 0 Å². The number of hydrogen-bond donors (Lipinski definition) is 2. The summed E-state index contributed by atoms with van der Waals surface area (Å²) in [7, 11) is -2.06. The number of rotatable bonds is 6. The van der Waals surface area contributed by atoms with Crippen LogP contribution in [-0.4, -0.2) is 20.5 Å².